The first kappa shape index (κ1) is 23.3. The Kier molecular flexibility index (Phi) is 8.79. The summed E-state index contributed by atoms with van der Waals surface area (Å²) < 4.78 is 0. The fraction of sp³-hybridized carbons (Fsp3) is 0.688. The van der Waals surface area contributed by atoms with Crippen molar-refractivity contribution in [3.8, 4) is 0 Å². The molecule has 0 aromatic heterocycles. The van der Waals surface area contributed by atoms with Crippen LogP contribution in [0.5, 0.6) is 0 Å². The maximum Gasteiger partial charge on any atom is 0.325 e. The Hall–Kier alpha value is -2.73. The molecule has 4 atom stereocenters. The summed E-state index contributed by atoms with van der Waals surface area (Å²) in [6.45, 7) is 0.721. The third-order valence-corrected chi connectivity index (χ3v) is 4.37. The summed E-state index contributed by atoms with van der Waals surface area (Å²) in [4.78, 5) is 59.6. The normalized spacial score (nSPS) is 19.4. The third kappa shape index (κ3) is 6.46. The lowest BCUT2D eigenvalue weighted by molar-refractivity contribution is -0.143. The van der Waals surface area contributed by atoms with Gasteiger partial charge in [-0.05, 0) is 26.2 Å². The monoisotopic (exact) mass is 402 g/mol. The molecule has 1 aliphatic rings. The predicted molar refractivity (Wildman–Crippen MR) is 93.8 cm³/mol. The molecule has 1 fully saturated rings. The second-order valence-corrected chi connectivity index (χ2v) is 6.54. The van der Waals surface area contributed by atoms with Crippen LogP contribution in [0.3, 0.4) is 0 Å². The molecule has 28 heavy (non-hydrogen) atoms. The van der Waals surface area contributed by atoms with Gasteiger partial charge in [0, 0.05) is 13.0 Å². The number of carboxylic acids is 2. The van der Waals surface area contributed by atoms with Crippen LogP contribution in [0.25, 0.3) is 0 Å². The number of nitrogens with two attached hydrogens (primary N) is 1. The molecule has 7 N–H and O–H groups in total. The Bertz CT molecular complexity index is 626. The number of amides is 3. The standard InChI is InChI=1S/C16H26N4O8/c1-8(16(27)28)18-13(24)10(7-21)19-14(25)11-3-2-6-20(11)15(26)9(17)4-5-12(22)23/h8-11,21H,2-7,17H2,1H3,(H,18,24)(H,19,25)(H,22,23)(H,27,28). The van der Waals surface area contributed by atoms with Crippen LogP contribution in [0.4, 0.5) is 0 Å². The van der Waals surface area contributed by atoms with Gasteiger partial charge < -0.3 is 36.6 Å². The quantitative estimate of drug-likeness (QED) is 0.224. The molecule has 1 rings (SSSR count). The molecule has 3 amide bonds. The minimum Gasteiger partial charge on any atom is -0.481 e. The van der Waals surface area contributed by atoms with Crippen molar-refractivity contribution < 1.29 is 39.3 Å². The molecule has 12 nitrogen and oxygen atoms in total. The molecule has 1 saturated heterocycles. The van der Waals surface area contributed by atoms with Crippen LogP contribution in [-0.2, 0) is 24.0 Å². The molecule has 1 aliphatic heterocycles. The van der Waals surface area contributed by atoms with Gasteiger partial charge in [-0.25, -0.2) is 0 Å². The summed E-state index contributed by atoms with van der Waals surface area (Å²) in [5.74, 6) is -4.50. The first-order chi connectivity index (χ1) is 13.1. The number of hydrogen-bond donors (Lipinski definition) is 6. The van der Waals surface area contributed by atoms with E-state index in [2.05, 4.69) is 10.6 Å². The van der Waals surface area contributed by atoms with Crippen molar-refractivity contribution >= 4 is 29.7 Å². The van der Waals surface area contributed by atoms with Gasteiger partial charge in [0.05, 0.1) is 12.6 Å². The number of rotatable bonds is 10. The second kappa shape index (κ2) is 10.6. The maximum absolute atomic E-state index is 12.5. The molecule has 158 valence electrons. The van der Waals surface area contributed by atoms with Crippen LogP contribution < -0.4 is 16.4 Å². The second-order valence-electron chi connectivity index (χ2n) is 6.54. The lowest BCUT2D eigenvalue weighted by Crippen LogP contribution is -2.57. The van der Waals surface area contributed by atoms with E-state index in [1.165, 1.54) is 11.8 Å². The van der Waals surface area contributed by atoms with Crippen molar-refractivity contribution in [3.63, 3.8) is 0 Å². The van der Waals surface area contributed by atoms with E-state index in [1.54, 1.807) is 0 Å². The number of aliphatic hydroxyl groups is 1. The van der Waals surface area contributed by atoms with Gasteiger partial charge in [-0.2, -0.15) is 0 Å². The van der Waals surface area contributed by atoms with E-state index in [4.69, 9.17) is 15.9 Å². The number of carbonyl (C=O) groups excluding carboxylic acids is 3. The van der Waals surface area contributed by atoms with E-state index < -0.39 is 60.4 Å². The number of hydrogen-bond acceptors (Lipinski definition) is 7. The van der Waals surface area contributed by atoms with Crippen LogP contribution in [0.2, 0.25) is 0 Å². The van der Waals surface area contributed by atoms with Crippen LogP contribution in [0.1, 0.15) is 32.6 Å². The summed E-state index contributed by atoms with van der Waals surface area (Å²) in [5.41, 5.74) is 5.72. The van der Waals surface area contributed by atoms with Crippen molar-refractivity contribution in [2.75, 3.05) is 13.2 Å². The van der Waals surface area contributed by atoms with Gasteiger partial charge in [0.15, 0.2) is 0 Å². The van der Waals surface area contributed by atoms with Crippen molar-refractivity contribution in [2.45, 2.75) is 56.8 Å². The fourth-order valence-corrected chi connectivity index (χ4v) is 2.76. The van der Waals surface area contributed by atoms with Gasteiger partial charge in [-0.15, -0.1) is 0 Å². The Morgan fingerprint density at radius 1 is 1.18 bits per heavy atom. The highest BCUT2D eigenvalue weighted by molar-refractivity contribution is 5.94. The van der Waals surface area contributed by atoms with Crippen LogP contribution in [0.15, 0.2) is 0 Å². The molecule has 12 heteroatoms. The van der Waals surface area contributed by atoms with Gasteiger partial charge in [-0.1, -0.05) is 0 Å². The summed E-state index contributed by atoms with van der Waals surface area (Å²) in [5, 5.41) is 31.3. The van der Waals surface area contributed by atoms with Gasteiger partial charge in [-0.3, -0.25) is 24.0 Å². The topological polar surface area (TPSA) is 199 Å². The zero-order valence-corrected chi connectivity index (χ0v) is 15.5. The number of nitrogens with zero attached hydrogens (tertiary/aromatic N) is 1. The fourth-order valence-electron chi connectivity index (χ4n) is 2.76. The molecule has 0 saturated carbocycles. The van der Waals surface area contributed by atoms with Gasteiger partial charge in [0.1, 0.15) is 18.1 Å². The number of aliphatic carboxylic acids is 2. The highest BCUT2D eigenvalue weighted by Gasteiger charge is 2.37. The number of carbonyl (C=O) groups is 5. The molecule has 0 aliphatic carbocycles. The SMILES string of the molecule is CC(NC(=O)C(CO)NC(=O)C1CCCN1C(=O)C(N)CCC(=O)O)C(=O)O. The summed E-state index contributed by atoms with van der Waals surface area (Å²) in [6, 6.07) is -4.58. The highest BCUT2D eigenvalue weighted by atomic mass is 16.4. The Balaban J connectivity index is 2.72. The zero-order valence-electron chi connectivity index (χ0n) is 15.5. The smallest absolute Gasteiger partial charge is 0.325 e. The van der Waals surface area contributed by atoms with E-state index in [1.807, 2.05) is 0 Å². The predicted octanol–water partition coefficient (Wildman–Crippen LogP) is -2.76. The summed E-state index contributed by atoms with van der Waals surface area (Å²) in [6.07, 6.45) is 0.468. The summed E-state index contributed by atoms with van der Waals surface area (Å²) >= 11 is 0. The molecule has 1 heterocycles. The number of carboxylic acid groups (broad SMARTS) is 2. The van der Waals surface area contributed by atoms with Crippen molar-refractivity contribution in [1.82, 2.24) is 15.5 Å². The summed E-state index contributed by atoms with van der Waals surface area (Å²) in [7, 11) is 0. The molecule has 0 aromatic rings. The Morgan fingerprint density at radius 3 is 2.36 bits per heavy atom. The van der Waals surface area contributed by atoms with E-state index in [9.17, 15) is 29.1 Å². The lowest BCUT2D eigenvalue weighted by Gasteiger charge is -2.28. The average molecular weight is 402 g/mol. The minimum atomic E-state index is -1.38. The Morgan fingerprint density at radius 2 is 1.82 bits per heavy atom. The third-order valence-electron chi connectivity index (χ3n) is 4.37. The molecular weight excluding hydrogens is 376 g/mol. The van der Waals surface area contributed by atoms with Crippen molar-refractivity contribution in [2.24, 2.45) is 5.73 Å². The number of likely N-dealkylation sites (tertiary alicyclic amines) is 1. The average Bonchev–Trinajstić information content (AvgIpc) is 3.12. The molecule has 0 bridgehead atoms. The van der Waals surface area contributed by atoms with Crippen molar-refractivity contribution in [1.29, 1.82) is 0 Å². The van der Waals surface area contributed by atoms with Crippen LogP contribution >= 0.6 is 0 Å². The number of aliphatic hydroxyl groups excluding tert-OH is 1. The van der Waals surface area contributed by atoms with E-state index in [0.717, 1.165) is 0 Å². The highest BCUT2D eigenvalue weighted by Crippen LogP contribution is 2.19. The van der Waals surface area contributed by atoms with E-state index in [0.29, 0.717) is 12.8 Å². The van der Waals surface area contributed by atoms with Gasteiger partial charge in [0.25, 0.3) is 0 Å². The first-order valence-electron chi connectivity index (χ1n) is 8.80. The van der Waals surface area contributed by atoms with E-state index in [-0.39, 0.29) is 19.4 Å². The number of nitrogens with one attached hydrogen (secondary N) is 2. The van der Waals surface area contributed by atoms with E-state index >= 15 is 0 Å². The molecule has 4 unspecified atom stereocenters. The first-order valence-corrected chi connectivity index (χ1v) is 8.80. The largest absolute Gasteiger partial charge is 0.481 e. The van der Waals surface area contributed by atoms with Gasteiger partial charge in [0.2, 0.25) is 17.7 Å². The molecule has 0 radical (unpaired) electrons. The van der Waals surface area contributed by atoms with Crippen molar-refractivity contribution in [3.05, 3.63) is 0 Å². The zero-order chi connectivity index (χ0) is 21.4. The van der Waals surface area contributed by atoms with Crippen LogP contribution in [-0.4, -0.2) is 87.2 Å². The maximum atomic E-state index is 12.5. The lowest BCUT2D eigenvalue weighted by atomic mass is 10.1. The molecule has 0 spiro atoms. The van der Waals surface area contributed by atoms with Gasteiger partial charge >= 0.3 is 11.9 Å². The minimum absolute atomic E-state index is 0.0756. The molecular formula is C16H26N4O8. The Labute approximate surface area is 161 Å². The van der Waals surface area contributed by atoms with Crippen LogP contribution in [0, 0.1) is 0 Å². The molecule has 0 aromatic carbocycles.